The van der Waals surface area contributed by atoms with E-state index in [9.17, 15) is 8.78 Å². The van der Waals surface area contributed by atoms with Crippen molar-refractivity contribution >= 4 is 12.4 Å². The van der Waals surface area contributed by atoms with E-state index in [0.717, 1.165) is 0 Å². The molecule has 1 heterocycles. The summed E-state index contributed by atoms with van der Waals surface area (Å²) in [6.07, 6.45) is 0.650. The molecule has 1 fully saturated rings. The van der Waals surface area contributed by atoms with Crippen molar-refractivity contribution in [2.24, 2.45) is 5.92 Å². The molecule has 1 rings (SSSR count). The molecule has 0 amide bonds. The van der Waals surface area contributed by atoms with Crippen LogP contribution in [0, 0.1) is 5.92 Å². The topological polar surface area (TPSA) is 32.3 Å². The molecule has 0 aromatic rings. The van der Waals surface area contributed by atoms with Crippen molar-refractivity contribution < 1.29 is 13.9 Å². The third-order valence-electron chi connectivity index (χ3n) is 2.38. The Morgan fingerprint density at radius 1 is 1.31 bits per heavy atom. The summed E-state index contributed by atoms with van der Waals surface area (Å²) >= 11 is 0. The molecule has 0 bridgehead atoms. The summed E-state index contributed by atoms with van der Waals surface area (Å²) in [4.78, 5) is 0. The van der Waals surface area contributed by atoms with Crippen molar-refractivity contribution in [3.63, 3.8) is 0 Å². The molecule has 0 aromatic heterocycles. The molecule has 1 saturated heterocycles. The molecular formula is C8H16ClF2NO. The Morgan fingerprint density at radius 3 is 2.31 bits per heavy atom. The van der Waals surface area contributed by atoms with Gasteiger partial charge in [-0.3, -0.25) is 0 Å². The van der Waals surface area contributed by atoms with Crippen LogP contribution in [0.2, 0.25) is 0 Å². The van der Waals surface area contributed by atoms with Crippen LogP contribution in [0.25, 0.3) is 0 Å². The molecule has 80 valence electrons. The van der Waals surface area contributed by atoms with Crippen LogP contribution in [0.1, 0.15) is 19.3 Å². The van der Waals surface area contributed by atoms with E-state index in [2.05, 4.69) is 5.32 Å². The van der Waals surface area contributed by atoms with Crippen molar-refractivity contribution in [2.75, 3.05) is 19.7 Å². The Labute approximate surface area is 83.1 Å². The molecule has 0 aliphatic carbocycles. The van der Waals surface area contributed by atoms with E-state index in [4.69, 9.17) is 5.11 Å². The van der Waals surface area contributed by atoms with Gasteiger partial charge in [0, 0.05) is 18.9 Å². The molecule has 2 N–H and O–H groups in total. The first kappa shape index (κ1) is 13.1. The first-order valence-corrected chi connectivity index (χ1v) is 4.36. The van der Waals surface area contributed by atoms with Crippen LogP contribution in [0.15, 0.2) is 0 Å². The van der Waals surface area contributed by atoms with Crippen LogP contribution in [-0.2, 0) is 0 Å². The summed E-state index contributed by atoms with van der Waals surface area (Å²) in [7, 11) is 0. The summed E-state index contributed by atoms with van der Waals surface area (Å²) in [6.45, 7) is 0.925. The number of aliphatic hydroxyl groups is 1. The van der Waals surface area contributed by atoms with Gasteiger partial charge in [0.2, 0.25) is 0 Å². The number of halogens is 3. The van der Waals surface area contributed by atoms with Crippen molar-refractivity contribution in [3.8, 4) is 0 Å². The number of hydrogen-bond donors (Lipinski definition) is 2. The van der Waals surface area contributed by atoms with E-state index >= 15 is 0 Å². The first-order chi connectivity index (χ1) is 5.67. The quantitative estimate of drug-likeness (QED) is 0.747. The Balaban J connectivity index is 0.00000144. The zero-order valence-corrected chi connectivity index (χ0v) is 8.25. The van der Waals surface area contributed by atoms with Crippen molar-refractivity contribution in [1.82, 2.24) is 5.32 Å². The molecular weight excluding hydrogens is 200 g/mol. The van der Waals surface area contributed by atoms with Crippen LogP contribution in [0.3, 0.4) is 0 Å². The average Bonchev–Trinajstić information content (AvgIpc) is 2.06. The third-order valence-corrected chi connectivity index (χ3v) is 2.38. The molecule has 0 atom stereocenters. The van der Waals surface area contributed by atoms with Gasteiger partial charge >= 0.3 is 0 Å². The van der Waals surface area contributed by atoms with Crippen LogP contribution >= 0.6 is 12.4 Å². The number of piperidine rings is 1. The highest BCUT2D eigenvalue weighted by Crippen LogP contribution is 2.33. The number of alkyl halides is 2. The Kier molecular flexibility index (Phi) is 5.76. The Hall–Kier alpha value is 0.0700. The second kappa shape index (κ2) is 5.73. The minimum Gasteiger partial charge on any atom is -0.396 e. The lowest BCUT2D eigenvalue weighted by atomic mass is 9.90. The van der Waals surface area contributed by atoms with E-state index in [1.54, 1.807) is 0 Å². The van der Waals surface area contributed by atoms with Gasteiger partial charge in [-0.1, -0.05) is 0 Å². The standard InChI is InChI=1S/C8H15F2NO.ClH/c9-8(10,3-6-12)7-1-4-11-5-2-7;/h7,11-12H,1-6H2;1H. The highest BCUT2D eigenvalue weighted by Gasteiger charge is 2.38. The van der Waals surface area contributed by atoms with Gasteiger partial charge in [-0.05, 0) is 25.9 Å². The minimum atomic E-state index is -2.67. The minimum absolute atomic E-state index is 0. The lowest BCUT2D eigenvalue weighted by Crippen LogP contribution is -2.38. The van der Waals surface area contributed by atoms with E-state index in [0.29, 0.717) is 25.9 Å². The van der Waals surface area contributed by atoms with E-state index in [1.165, 1.54) is 0 Å². The maximum absolute atomic E-state index is 13.1. The highest BCUT2D eigenvalue weighted by molar-refractivity contribution is 5.85. The summed E-state index contributed by atoms with van der Waals surface area (Å²) in [5.74, 6) is -3.21. The molecule has 2 nitrogen and oxygen atoms in total. The predicted octanol–water partition coefficient (Wildman–Crippen LogP) is 1.43. The third kappa shape index (κ3) is 3.75. The summed E-state index contributed by atoms with van der Waals surface area (Å²) < 4.78 is 26.2. The van der Waals surface area contributed by atoms with Crippen LogP contribution < -0.4 is 5.32 Å². The molecule has 0 unspecified atom stereocenters. The fraction of sp³-hybridized carbons (Fsp3) is 1.00. The lowest BCUT2D eigenvalue weighted by molar-refractivity contribution is -0.0836. The van der Waals surface area contributed by atoms with Gasteiger partial charge in [-0.15, -0.1) is 12.4 Å². The fourth-order valence-electron chi connectivity index (χ4n) is 1.60. The zero-order valence-electron chi connectivity index (χ0n) is 7.43. The average molecular weight is 216 g/mol. The summed E-state index contributed by atoms with van der Waals surface area (Å²) in [6, 6.07) is 0. The monoisotopic (exact) mass is 215 g/mol. The molecule has 0 spiro atoms. The van der Waals surface area contributed by atoms with Gasteiger partial charge in [0.15, 0.2) is 0 Å². The molecule has 0 saturated carbocycles. The second-order valence-corrected chi connectivity index (χ2v) is 3.26. The van der Waals surface area contributed by atoms with E-state index < -0.39 is 24.9 Å². The Bertz CT molecular complexity index is 140. The molecule has 1 aliphatic heterocycles. The van der Waals surface area contributed by atoms with Crippen molar-refractivity contribution in [2.45, 2.75) is 25.2 Å². The van der Waals surface area contributed by atoms with Gasteiger partial charge in [0.05, 0.1) is 0 Å². The van der Waals surface area contributed by atoms with Gasteiger partial charge in [0.25, 0.3) is 5.92 Å². The van der Waals surface area contributed by atoms with E-state index in [-0.39, 0.29) is 12.4 Å². The number of rotatable bonds is 3. The number of nitrogens with one attached hydrogen (secondary N) is 1. The first-order valence-electron chi connectivity index (χ1n) is 4.36. The predicted molar refractivity (Wildman–Crippen MR) is 49.5 cm³/mol. The summed E-state index contributed by atoms with van der Waals surface area (Å²) in [5.41, 5.74) is 0. The highest BCUT2D eigenvalue weighted by atomic mass is 35.5. The van der Waals surface area contributed by atoms with Crippen LogP contribution in [0.4, 0.5) is 8.78 Å². The van der Waals surface area contributed by atoms with Gasteiger partial charge < -0.3 is 10.4 Å². The molecule has 13 heavy (non-hydrogen) atoms. The summed E-state index contributed by atoms with van der Waals surface area (Å²) in [5, 5.41) is 11.5. The number of aliphatic hydroxyl groups excluding tert-OH is 1. The zero-order chi connectivity index (χ0) is 9.03. The SMILES string of the molecule is Cl.OCCC(F)(F)C1CCNCC1. The lowest BCUT2D eigenvalue weighted by Gasteiger charge is -2.29. The molecule has 0 aromatic carbocycles. The normalized spacial score (nSPS) is 19.6. The number of hydrogen-bond acceptors (Lipinski definition) is 2. The van der Waals surface area contributed by atoms with Gasteiger partial charge in [0.1, 0.15) is 0 Å². The molecule has 0 radical (unpaired) electrons. The Morgan fingerprint density at radius 2 is 1.85 bits per heavy atom. The van der Waals surface area contributed by atoms with Gasteiger partial charge in [-0.25, -0.2) is 8.78 Å². The van der Waals surface area contributed by atoms with Crippen LogP contribution in [-0.4, -0.2) is 30.7 Å². The smallest absolute Gasteiger partial charge is 0.253 e. The van der Waals surface area contributed by atoms with Gasteiger partial charge in [-0.2, -0.15) is 0 Å². The second-order valence-electron chi connectivity index (χ2n) is 3.26. The van der Waals surface area contributed by atoms with Crippen molar-refractivity contribution in [3.05, 3.63) is 0 Å². The fourth-order valence-corrected chi connectivity index (χ4v) is 1.60. The van der Waals surface area contributed by atoms with E-state index in [1.807, 2.05) is 0 Å². The van der Waals surface area contributed by atoms with Crippen molar-refractivity contribution in [1.29, 1.82) is 0 Å². The maximum Gasteiger partial charge on any atom is 0.253 e. The molecule has 1 aliphatic rings. The maximum atomic E-state index is 13.1. The van der Waals surface area contributed by atoms with Crippen LogP contribution in [0.5, 0.6) is 0 Å². The molecule has 5 heteroatoms. The largest absolute Gasteiger partial charge is 0.396 e.